The number of rotatable bonds is 5. The van der Waals surface area contributed by atoms with Gasteiger partial charge in [-0.3, -0.25) is 9.80 Å². The summed E-state index contributed by atoms with van der Waals surface area (Å²) in [5, 5.41) is 11.3. The van der Waals surface area contributed by atoms with Crippen molar-refractivity contribution in [2.24, 2.45) is 0 Å². The molecule has 0 amide bonds. The second kappa shape index (κ2) is 7.88. The van der Waals surface area contributed by atoms with E-state index in [2.05, 4.69) is 33.0 Å². The molecule has 1 aliphatic rings. The first-order valence-corrected chi connectivity index (χ1v) is 10.0. The van der Waals surface area contributed by atoms with Gasteiger partial charge in [-0.15, -0.1) is 21.5 Å². The molecule has 0 spiro atoms. The van der Waals surface area contributed by atoms with Crippen molar-refractivity contribution in [2.75, 3.05) is 26.2 Å². The van der Waals surface area contributed by atoms with Crippen LogP contribution in [-0.2, 0) is 6.54 Å². The lowest BCUT2D eigenvalue weighted by Crippen LogP contribution is -2.46. The molecule has 1 atom stereocenters. The fourth-order valence-corrected chi connectivity index (χ4v) is 4.12. The number of halogens is 1. The first kappa shape index (κ1) is 17.7. The molecule has 5 nitrogen and oxygen atoms in total. The van der Waals surface area contributed by atoms with Crippen molar-refractivity contribution in [1.82, 2.24) is 20.0 Å². The van der Waals surface area contributed by atoms with Crippen LogP contribution in [0.5, 0.6) is 0 Å². The minimum atomic E-state index is 0.129. The fourth-order valence-electron chi connectivity index (χ4n) is 3.26. The highest BCUT2D eigenvalue weighted by Crippen LogP contribution is 2.27. The quantitative estimate of drug-likeness (QED) is 0.651. The van der Waals surface area contributed by atoms with Gasteiger partial charge in [-0.2, -0.15) is 0 Å². The molecule has 2 aromatic heterocycles. The van der Waals surface area contributed by atoms with Gasteiger partial charge in [-0.25, -0.2) is 0 Å². The van der Waals surface area contributed by atoms with Crippen molar-refractivity contribution in [3.63, 3.8) is 0 Å². The summed E-state index contributed by atoms with van der Waals surface area (Å²) in [7, 11) is 0. The van der Waals surface area contributed by atoms with Crippen molar-refractivity contribution in [3.05, 3.63) is 58.3 Å². The second-order valence-corrected chi connectivity index (χ2v) is 7.92. The van der Waals surface area contributed by atoms with Crippen LogP contribution in [0.3, 0.4) is 0 Å². The van der Waals surface area contributed by atoms with E-state index < -0.39 is 0 Å². The van der Waals surface area contributed by atoms with E-state index in [-0.39, 0.29) is 6.04 Å². The summed E-state index contributed by atoms with van der Waals surface area (Å²) in [6.07, 6.45) is 0. The van der Waals surface area contributed by atoms with Crippen LogP contribution in [-0.4, -0.2) is 46.2 Å². The van der Waals surface area contributed by atoms with E-state index in [1.807, 2.05) is 35.7 Å². The maximum atomic E-state index is 6.08. The minimum absolute atomic E-state index is 0.129. The SMILES string of the molecule is CC(c1nnc(-c2cccs2)o1)N1CCN(Cc2cccc(Cl)c2)CC1. The molecule has 0 radical (unpaired) electrons. The molecule has 1 fully saturated rings. The van der Waals surface area contributed by atoms with Crippen LogP contribution in [0, 0.1) is 0 Å². The molecule has 0 aliphatic carbocycles. The summed E-state index contributed by atoms with van der Waals surface area (Å²) in [5.74, 6) is 1.30. The third kappa shape index (κ3) is 3.99. The first-order chi connectivity index (χ1) is 12.7. The number of aromatic nitrogens is 2. The molecule has 1 aromatic carbocycles. The molecule has 1 unspecified atom stereocenters. The van der Waals surface area contributed by atoms with Gasteiger partial charge in [0.1, 0.15) is 0 Å². The third-order valence-electron chi connectivity index (χ3n) is 4.78. The van der Waals surface area contributed by atoms with E-state index in [9.17, 15) is 0 Å². The lowest BCUT2D eigenvalue weighted by atomic mass is 10.2. The third-order valence-corrected chi connectivity index (χ3v) is 5.87. The Bertz CT molecular complexity index is 843. The van der Waals surface area contributed by atoms with Gasteiger partial charge in [0.05, 0.1) is 10.9 Å². The van der Waals surface area contributed by atoms with Crippen LogP contribution in [0.25, 0.3) is 10.8 Å². The Balaban J connectivity index is 1.34. The van der Waals surface area contributed by atoms with Crippen molar-refractivity contribution in [3.8, 4) is 10.8 Å². The zero-order valence-electron chi connectivity index (χ0n) is 14.6. The molecule has 4 rings (SSSR count). The molecule has 26 heavy (non-hydrogen) atoms. The molecule has 1 saturated heterocycles. The van der Waals surface area contributed by atoms with Crippen LogP contribution in [0.1, 0.15) is 24.4 Å². The zero-order valence-corrected chi connectivity index (χ0v) is 16.2. The van der Waals surface area contributed by atoms with Gasteiger partial charge in [0.25, 0.3) is 5.89 Å². The Labute approximate surface area is 162 Å². The number of hydrogen-bond acceptors (Lipinski definition) is 6. The molecule has 1 aliphatic heterocycles. The summed E-state index contributed by atoms with van der Waals surface area (Å²) >= 11 is 7.70. The van der Waals surface area contributed by atoms with E-state index in [1.165, 1.54) is 5.56 Å². The standard InChI is InChI=1S/C19H21ClN4OS/c1-14(18-21-22-19(25-18)17-6-3-11-26-17)24-9-7-23(8-10-24)13-15-4-2-5-16(20)12-15/h2-6,11-12,14H,7-10,13H2,1H3. The average molecular weight is 389 g/mol. The van der Waals surface area contributed by atoms with Crippen LogP contribution in [0.4, 0.5) is 0 Å². The Morgan fingerprint density at radius 2 is 2.00 bits per heavy atom. The molecular formula is C19H21ClN4OS. The number of thiophene rings is 1. The Kier molecular flexibility index (Phi) is 5.36. The largest absolute Gasteiger partial charge is 0.418 e. The molecule has 0 bridgehead atoms. The Hall–Kier alpha value is -1.73. The van der Waals surface area contributed by atoms with Gasteiger partial charge in [-0.1, -0.05) is 29.8 Å². The topological polar surface area (TPSA) is 45.4 Å². The normalized spacial score (nSPS) is 17.5. The fraction of sp³-hybridized carbons (Fsp3) is 0.368. The molecule has 3 aromatic rings. The van der Waals surface area contributed by atoms with E-state index in [0.717, 1.165) is 42.6 Å². The van der Waals surface area contributed by atoms with Crippen LogP contribution < -0.4 is 0 Å². The first-order valence-electron chi connectivity index (χ1n) is 8.77. The summed E-state index contributed by atoms with van der Waals surface area (Å²) in [4.78, 5) is 5.88. The maximum Gasteiger partial charge on any atom is 0.257 e. The summed E-state index contributed by atoms with van der Waals surface area (Å²) in [5.41, 5.74) is 1.26. The molecular weight excluding hydrogens is 368 g/mol. The maximum absolute atomic E-state index is 6.08. The van der Waals surface area contributed by atoms with Crippen molar-refractivity contribution < 1.29 is 4.42 Å². The van der Waals surface area contributed by atoms with Gasteiger partial charge in [0.15, 0.2) is 0 Å². The molecule has 0 saturated carbocycles. The van der Waals surface area contributed by atoms with Gasteiger partial charge < -0.3 is 4.42 Å². The van der Waals surface area contributed by atoms with Gasteiger partial charge >= 0.3 is 0 Å². The van der Waals surface area contributed by atoms with Gasteiger partial charge in [0.2, 0.25) is 5.89 Å². The van der Waals surface area contributed by atoms with Crippen molar-refractivity contribution in [1.29, 1.82) is 0 Å². The van der Waals surface area contributed by atoms with Crippen LogP contribution in [0.2, 0.25) is 5.02 Å². The van der Waals surface area contributed by atoms with Crippen molar-refractivity contribution in [2.45, 2.75) is 19.5 Å². The van der Waals surface area contributed by atoms with E-state index in [1.54, 1.807) is 11.3 Å². The summed E-state index contributed by atoms with van der Waals surface area (Å²) < 4.78 is 5.90. The van der Waals surface area contributed by atoms with E-state index in [0.29, 0.717) is 11.8 Å². The van der Waals surface area contributed by atoms with Crippen molar-refractivity contribution >= 4 is 22.9 Å². The number of piperazine rings is 1. The summed E-state index contributed by atoms with van der Waals surface area (Å²) in [6, 6.07) is 12.2. The minimum Gasteiger partial charge on any atom is -0.418 e. The molecule has 7 heteroatoms. The Morgan fingerprint density at radius 1 is 1.15 bits per heavy atom. The van der Waals surface area contributed by atoms with Crippen LogP contribution in [0.15, 0.2) is 46.2 Å². The predicted molar refractivity (Wildman–Crippen MR) is 104 cm³/mol. The van der Waals surface area contributed by atoms with Gasteiger partial charge in [0, 0.05) is 37.7 Å². The average Bonchev–Trinajstić information content (AvgIpc) is 3.33. The van der Waals surface area contributed by atoms with Crippen LogP contribution >= 0.6 is 22.9 Å². The van der Waals surface area contributed by atoms with Gasteiger partial charge in [-0.05, 0) is 36.1 Å². The second-order valence-electron chi connectivity index (χ2n) is 6.54. The molecule has 0 N–H and O–H groups in total. The number of nitrogens with zero attached hydrogens (tertiary/aromatic N) is 4. The monoisotopic (exact) mass is 388 g/mol. The van der Waals surface area contributed by atoms with E-state index in [4.69, 9.17) is 16.0 Å². The highest BCUT2D eigenvalue weighted by molar-refractivity contribution is 7.13. The summed E-state index contributed by atoms with van der Waals surface area (Å²) in [6.45, 7) is 7.08. The Morgan fingerprint density at radius 3 is 2.73 bits per heavy atom. The predicted octanol–water partition coefficient (Wildman–Crippen LogP) is 4.33. The zero-order chi connectivity index (χ0) is 17.9. The lowest BCUT2D eigenvalue weighted by molar-refractivity contribution is 0.0876. The lowest BCUT2D eigenvalue weighted by Gasteiger charge is -2.36. The number of benzene rings is 1. The van der Waals surface area contributed by atoms with E-state index >= 15 is 0 Å². The highest BCUT2D eigenvalue weighted by atomic mass is 35.5. The molecule has 3 heterocycles. The number of hydrogen-bond donors (Lipinski definition) is 0. The smallest absolute Gasteiger partial charge is 0.257 e. The molecule has 136 valence electrons. The highest BCUT2D eigenvalue weighted by Gasteiger charge is 2.26.